The number of carbonyl (C=O) groups is 3. The Morgan fingerprint density at radius 2 is 1.90 bits per heavy atom. The minimum absolute atomic E-state index is 0.208. The average molecular weight is 420 g/mol. The third-order valence-electron chi connectivity index (χ3n) is 4.69. The number of benzene rings is 1. The number of amides is 3. The van der Waals surface area contributed by atoms with Gasteiger partial charge in [0.1, 0.15) is 12.6 Å². The molecule has 3 atom stereocenters. The first-order valence-corrected chi connectivity index (χ1v) is 9.61. The summed E-state index contributed by atoms with van der Waals surface area (Å²) in [6, 6.07) is 5.46. The van der Waals surface area contributed by atoms with Crippen molar-refractivity contribution in [3.63, 3.8) is 0 Å². The van der Waals surface area contributed by atoms with E-state index in [2.05, 4.69) is 18.5 Å². The Morgan fingerprint density at radius 1 is 1.31 bits per heavy atom. The minimum Gasteiger partial charge on any atom is -0.356 e. The van der Waals surface area contributed by atoms with Crippen molar-refractivity contribution in [3.05, 3.63) is 60.2 Å². The van der Waals surface area contributed by atoms with Crippen LogP contribution in [0.2, 0.25) is 5.02 Å². The number of nitrogens with zero attached hydrogens (tertiary/aromatic N) is 2. The first-order chi connectivity index (χ1) is 13.8. The van der Waals surface area contributed by atoms with Crippen LogP contribution in [-0.2, 0) is 19.1 Å². The highest BCUT2D eigenvalue weighted by Gasteiger charge is 2.40. The second kappa shape index (κ2) is 10.2. The molecular formula is C21H26ClN3O4. The third kappa shape index (κ3) is 5.46. The van der Waals surface area contributed by atoms with Crippen LogP contribution < -0.4 is 5.32 Å². The van der Waals surface area contributed by atoms with Crippen molar-refractivity contribution >= 4 is 29.3 Å². The van der Waals surface area contributed by atoms with E-state index in [1.807, 2.05) is 0 Å². The largest absolute Gasteiger partial charge is 0.356 e. The first kappa shape index (κ1) is 22.6. The number of rotatable bonds is 8. The molecule has 7 nitrogen and oxygen atoms in total. The molecule has 1 fully saturated rings. The van der Waals surface area contributed by atoms with Crippen LogP contribution in [0.1, 0.15) is 18.5 Å². The van der Waals surface area contributed by atoms with Gasteiger partial charge in [0.25, 0.3) is 5.91 Å². The third-order valence-corrected chi connectivity index (χ3v) is 4.95. The summed E-state index contributed by atoms with van der Waals surface area (Å²) < 4.78 is 5.56. The van der Waals surface area contributed by atoms with Gasteiger partial charge in [-0.2, -0.15) is 0 Å². The molecular weight excluding hydrogens is 394 g/mol. The molecule has 3 amide bonds. The highest BCUT2D eigenvalue weighted by atomic mass is 35.5. The molecule has 0 aliphatic carbocycles. The van der Waals surface area contributed by atoms with E-state index in [1.54, 1.807) is 50.4 Å². The molecule has 3 unspecified atom stereocenters. The van der Waals surface area contributed by atoms with Crippen molar-refractivity contribution in [2.45, 2.75) is 25.1 Å². The van der Waals surface area contributed by atoms with Gasteiger partial charge in [-0.3, -0.25) is 14.4 Å². The number of morpholine rings is 1. The number of ether oxygens (including phenoxy) is 1. The summed E-state index contributed by atoms with van der Waals surface area (Å²) in [4.78, 5) is 40.7. The number of halogens is 1. The molecule has 0 aromatic heterocycles. The van der Waals surface area contributed by atoms with Gasteiger partial charge in [0.15, 0.2) is 6.10 Å². The molecule has 1 N–H and O–H groups in total. The van der Waals surface area contributed by atoms with Crippen molar-refractivity contribution in [3.8, 4) is 0 Å². The molecule has 1 aliphatic heterocycles. The molecule has 1 heterocycles. The molecule has 0 saturated carbocycles. The monoisotopic (exact) mass is 419 g/mol. The minimum atomic E-state index is -0.957. The Balaban J connectivity index is 2.18. The van der Waals surface area contributed by atoms with Crippen molar-refractivity contribution in [2.24, 2.45) is 0 Å². The zero-order chi connectivity index (χ0) is 21.6. The topological polar surface area (TPSA) is 79.0 Å². The van der Waals surface area contributed by atoms with Gasteiger partial charge in [-0.05, 0) is 24.6 Å². The van der Waals surface area contributed by atoms with Gasteiger partial charge in [0.2, 0.25) is 11.8 Å². The van der Waals surface area contributed by atoms with Crippen LogP contribution in [0.5, 0.6) is 0 Å². The fourth-order valence-electron chi connectivity index (χ4n) is 3.19. The Labute approximate surface area is 175 Å². The summed E-state index contributed by atoms with van der Waals surface area (Å²) in [6.45, 7) is 9.37. The van der Waals surface area contributed by atoms with Crippen molar-refractivity contribution in [1.82, 2.24) is 15.1 Å². The molecule has 1 aliphatic rings. The number of nitrogens with one attached hydrogen (secondary N) is 1. The molecule has 2 rings (SSSR count). The molecule has 1 aromatic carbocycles. The fraction of sp³-hybridized carbons (Fsp3) is 0.381. The normalized spacial score (nSPS) is 20.0. The van der Waals surface area contributed by atoms with Crippen LogP contribution >= 0.6 is 11.6 Å². The lowest BCUT2D eigenvalue weighted by Crippen LogP contribution is -2.56. The van der Waals surface area contributed by atoms with Gasteiger partial charge in [0.05, 0.1) is 6.04 Å². The lowest BCUT2D eigenvalue weighted by Gasteiger charge is -2.38. The van der Waals surface area contributed by atoms with Gasteiger partial charge in [-0.25, -0.2) is 0 Å². The van der Waals surface area contributed by atoms with Crippen LogP contribution in [0.25, 0.3) is 0 Å². The molecule has 156 valence electrons. The SMILES string of the molecule is C=CCN(CC=C)C(=O)C(C)NC(=O)C1OCC(=O)N(C)C1c1ccc(Cl)cc1. The smallest absolute Gasteiger partial charge is 0.252 e. The lowest BCUT2D eigenvalue weighted by atomic mass is 9.97. The maximum Gasteiger partial charge on any atom is 0.252 e. The van der Waals surface area contributed by atoms with E-state index in [4.69, 9.17) is 16.3 Å². The van der Waals surface area contributed by atoms with Crippen LogP contribution in [0.4, 0.5) is 0 Å². The number of hydrogen-bond donors (Lipinski definition) is 1. The molecule has 8 heteroatoms. The van der Waals surface area contributed by atoms with Crippen LogP contribution in [0.15, 0.2) is 49.6 Å². The van der Waals surface area contributed by atoms with Gasteiger partial charge >= 0.3 is 0 Å². The summed E-state index contributed by atoms with van der Waals surface area (Å²) in [5, 5.41) is 3.25. The summed E-state index contributed by atoms with van der Waals surface area (Å²) >= 11 is 5.95. The molecule has 0 radical (unpaired) electrons. The van der Waals surface area contributed by atoms with E-state index in [-0.39, 0.29) is 18.4 Å². The molecule has 0 spiro atoms. The van der Waals surface area contributed by atoms with Crippen molar-refractivity contribution in [2.75, 3.05) is 26.7 Å². The number of carbonyl (C=O) groups excluding carboxylic acids is 3. The van der Waals surface area contributed by atoms with E-state index in [9.17, 15) is 14.4 Å². The average Bonchev–Trinajstić information content (AvgIpc) is 2.70. The van der Waals surface area contributed by atoms with E-state index in [1.165, 1.54) is 9.80 Å². The Hall–Kier alpha value is -2.64. The second-order valence-electron chi connectivity index (χ2n) is 6.78. The Kier molecular flexibility index (Phi) is 7.99. The van der Waals surface area contributed by atoms with Crippen molar-refractivity contribution in [1.29, 1.82) is 0 Å². The molecule has 29 heavy (non-hydrogen) atoms. The fourth-order valence-corrected chi connectivity index (χ4v) is 3.31. The van der Waals surface area contributed by atoms with Gasteiger partial charge < -0.3 is 19.9 Å². The van der Waals surface area contributed by atoms with Crippen LogP contribution in [-0.4, -0.2) is 66.4 Å². The van der Waals surface area contributed by atoms with Gasteiger partial charge in [-0.15, -0.1) is 13.2 Å². The quantitative estimate of drug-likeness (QED) is 0.653. The zero-order valence-corrected chi connectivity index (χ0v) is 17.4. The highest BCUT2D eigenvalue weighted by molar-refractivity contribution is 6.30. The molecule has 1 aromatic rings. The second-order valence-corrected chi connectivity index (χ2v) is 7.22. The van der Waals surface area contributed by atoms with E-state index >= 15 is 0 Å². The molecule has 0 bridgehead atoms. The zero-order valence-electron chi connectivity index (χ0n) is 16.6. The highest BCUT2D eigenvalue weighted by Crippen LogP contribution is 2.30. The standard InChI is InChI=1S/C21H26ClN3O4/c1-5-11-25(12-6-2)21(28)14(3)23-20(27)19-18(24(4)17(26)13-29-19)15-7-9-16(22)10-8-15/h5-10,14,18-19H,1-2,11-13H2,3-4H3,(H,23,27). The summed E-state index contributed by atoms with van der Waals surface area (Å²) in [5.74, 6) is -0.968. The maximum atomic E-state index is 12.9. The van der Waals surface area contributed by atoms with Gasteiger partial charge in [0, 0.05) is 25.2 Å². The maximum absolute atomic E-state index is 12.9. The van der Waals surface area contributed by atoms with Gasteiger partial charge in [-0.1, -0.05) is 35.9 Å². The Bertz CT molecular complexity index is 771. The number of hydrogen-bond acceptors (Lipinski definition) is 4. The number of likely N-dealkylation sites (N-methyl/N-ethyl adjacent to an activating group) is 1. The predicted octanol–water partition coefficient (Wildman–Crippen LogP) is 1.94. The van der Waals surface area contributed by atoms with Crippen LogP contribution in [0, 0.1) is 0 Å². The lowest BCUT2D eigenvalue weighted by molar-refractivity contribution is -0.163. The van der Waals surface area contributed by atoms with Crippen molar-refractivity contribution < 1.29 is 19.1 Å². The predicted molar refractivity (Wildman–Crippen MR) is 111 cm³/mol. The Morgan fingerprint density at radius 3 is 2.45 bits per heavy atom. The summed E-state index contributed by atoms with van der Waals surface area (Å²) in [6.07, 6.45) is 2.26. The van der Waals surface area contributed by atoms with Crippen LogP contribution in [0.3, 0.4) is 0 Å². The summed E-state index contributed by atoms with van der Waals surface area (Å²) in [7, 11) is 1.62. The van der Waals surface area contributed by atoms with E-state index in [0.29, 0.717) is 23.7 Å². The van der Waals surface area contributed by atoms with E-state index in [0.717, 1.165) is 0 Å². The summed E-state index contributed by atoms with van der Waals surface area (Å²) in [5.41, 5.74) is 0.712. The first-order valence-electron chi connectivity index (χ1n) is 9.23. The van der Waals surface area contributed by atoms with E-state index < -0.39 is 24.1 Å². The molecule has 1 saturated heterocycles.